The summed E-state index contributed by atoms with van der Waals surface area (Å²) in [5, 5.41) is 1.62. The zero-order chi connectivity index (χ0) is 18.5. The number of amides is 1. The van der Waals surface area contributed by atoms with Gasteiger partial charge in [0, 0.05) is 16.8 Å². The summed E-state index contributed by atoms with van der Waals surface area (Å²) < 4.78 is 10.7. The zero-order valence-corrected chi connectivity index (χ0v) is 16.1. The van der Waals surface area contributed by atoms with E-state index in [2.05, 4.69) is 11.9 Å². The minimum absolute atomic E-state index is 0.0424. The van der Waals surface area contributed by atoms with Crippen LogP contribution in [0.5, 0.6) is 11.5 Å². The lowest BCUT2D eigenvalue weighted by Gasteiger charge is -2.16. The van der Waals surface area contributed by atoms with Crippen LogP contribution in [-0.2, 0) is 4.79 Å². The van der Waals surface area contributed by atoms with Gasteiger partial charge in [0.15, 0.2) is 11.8 Å². The summed E-state index contributed by atoms with van der Waals surface area (Å²) in [7, 11) is 1.60. The minimum atomic E-state index is -0.120. The summed E-state index contributed by atoms with van der Waals surface area (Å²) in [6, 6.07) is 14.4. The van der Waals surface area contributed by atoms with Crippen LogP contribution in [0.4, 0.5) is 5.69 Å². The topological polar surface area (TPSA) is 51.1 Å². The first kappa shape index (κ1) is 18.6. The summed E-state index contributed by atoms with van der Waals surface area (Å²) in [4.78, 5) is 18.9. The number of thioether (sulfide) groups is 1. The van der Waals surface area contributed by atoms with Crippen LogP contribution in [-0.4, -0.2) is 41.5 Å². The molecule has 1 amide bonds. The lowest BCUT2D eigenvalue weighted by molar-refractivity contribution is -0.129. The largest absolute Gasteiger partial charge is 0.497 e. The fourth-order valence-corrected chi connectivity index (χ4v) is 3.60. The van der Waals surface area contributed by atoms with Gasteiger partial charge >= 0.3 is 0 Å². The highest BCUT2D eigenvalue weighted by atomic mass is 35.5. The molecule has 0 aromatic heterocycles. The Balaban J connectivity index is 1.66. The van der Waals surface area contributed by atoms with Gasteiger partial charge in [-0.1, -0.05) is 30.3 Å². The average Bonchev–Trinajstić information content (AvgIpc) is 3.02. The maximum Gasteiger partial charge on any atom is 0.266 e. The molecule has 1 fully saturated rings. The fraction of sp³-hybridized carbons (Fsp3) is 0.263. The van der Waals surface area contributed by atoms with E-state index >= 15 is 0 Å². The van der Waals surface area contributed by atoms with Crippen LogP contribution in [0.2, 0.25) is 5.02 Å². The van der Waals surface area contributed by atoms with Crippen molar-refractivity contribution in [3.63, 3.8) is 0 Å². The summed E-state index contributed by atoms with van der Waals surface area (Å²) in [5.74, 6) is 1.24. The van der Waals surface area contributed by atoms with Gasteiger partial charge in [0.25, 0.3) is 5.91 Å². The van der Waals surface area contributed by atoms with E-state index in [1.165, 1.54) is 0 Å². The number of carbonyl (C=O) groups excluding carboxylic acids is 1. The van der Waals surface area contributed by atoms with Gasteiger partial charge in [0.2, 0.25) is 0 Å². The molecule has 0 unspecified atom stereocenters. The lowest BCUT2D eigenvalue weighted by atomic mass is 10.3. The number of rotatable bonds is 5. The zero-order valence-electron chi connectivity index (χ0n) is 14.5. The molecular formula is C19H19ClN2O3S. The van der Waals surface area contributed by atoms with E-state index < -0.39 is 0 Å². The lowest BCUT2D eigenvalue weighted by Crippen LogP contribution is -2.36. The van der Waals surface area contributed by atoms with Gasteiger partial charge in [-0.3, -0.25) is 9.69 Å². The first-order chi connectivity index (χ1) is 12.5. The molecule has 2 aromatic rings. The molecule has 7 heteroatoms. The molecule has 136 valence electrons. The molecule has 3 rings (SSSR count). The van der Waals surface area contributed by atoms with Crippen molar-refractivity contribution in [3.05, 3.63) is 53.6 Å². The molecule has 26 heavy (non-hydrogen) atoms. The number of nitrogens with zero attached hydrogens (tertiary/aromatic N) is 2. The van der Waals surface area contributed by atoms with Gasteiger partial charge in [0.05, 0.1) is 12.8 Å². The Bertz CT molecular complexity index is 793. The highest BCUT2D eigenvalue weighted by Crippen LogP contribution is 2.29. The molecule has 2 aromatic carbocycles. The van der Waals surface area contributed by atoms with Crippen molar-refractivity contribution in [2.45, 2.75) is 12.2 Å². The summed E-state index contributed by atoms with van der Waals surface area (Å²) in [5.41, 5.74) is 0.764. The Hall–Kier alpha value is -2.18. The van der Waals surface area contributed by atoms with Gasteiger partial charge in [-0.15, -0.1) is 0 Å². The smallest absolute Gasteiger partial charge is 0.266 e. The number of benzene rings is 2. The van der Waals surface area contributed by atoms with E-state index in [1.54, 1.807) is 60.2 Å². The van der Waals surface area contributed by atoms with E-state index in [-0.39, 0.29) is 17.8 Å². The highest BCUT2D eigenvalue weighted by molar-refractivity contribution is 8.14. The first-order valence-electron chi connectivity index (χ1n) is 8.13. The van der Waals surface area contributed by atoms with Gasteiger partial charge < -0.3 is 9.47 Å². The Morgan fingerprint density at radius 2 is 1.85 bits per heavy atom. The number of methoxy groups -OCH3 is 1. The number of aliphatic imine (C=N–C) groups is 1. The third-order valence-corrected chi connectivity index (χ3v) is 5.08. The number of carbonyl (C=O) groups is 1. The number of hydrogen-bond acceptors (Lipinski definition) is 5. The summed E-state index contributed by atoms with van der Waals surface area (Å²) in [6.45, 7) is 2.64. The van der Waals surface area contributed by atoms with Crippen molar-refractivity contribution >= 4 is 40.1 Å². The Morgan fingerprint density at radius 3 is 2.50 bits per heavy atom. The molecule has 5 nitrogen and oxygen atoms in total. The number of ether oxygens (including phenoxy) is 2. The predicted molar refractivity (Wildman–Crippen MR) is 106 cm³/mol. The summed E-state index contributed by atoms with van der Waals surface area (Å²) >= 11 is 7.48. The van der Waals surface area contributed by atoms with Gasteiger partial charge in [-0.25, -0.2) is 4.99 Å². The molecule has 1 aliphatic rings. The first-order valence-corrected chi connectivity index (χ1v) is 9.39. The molecule has 1 atom stereocenters. The van der Waals surface area contributed by atoms with Crippen LogP contribution in [0, 0.1) is 0 Å². The maximum atomic E-state index is 12.6. The number of halogens is 1. The van der Waals surface area contributed by atoms with Gasteiger partial charge in [0.1, 0.15) is 11.5 Å². The van der Waals surface area contributed by atoms with Crippen molar-refractivity contribution in [2.75, 3.05) is 20.3 Å². The standard InChI is InChI=1S/C19H19ClN2O3S/c1-13-11-22(19(26-13)21-15-5-3-14(20)4-6-15)18(23)12-25-17-9-7-16(24-2)8-10-17/h3-10,13H,11-12H2,1-2H3/t13-/m1/s1. The van der Waals surface area contributed by atoms with Gasteiger partial charge in [-0.2, -0.15) is 0 Å². The third-order valence-electron chi connectivity index (χ3n) is 3.75. The molecule has 0 bridgehead atoms. The Labute approximate surface area is 162 Å². The average molecular weight is 391 g/mol. The van der Waals surface area contributed by atoms with E-state index in [9.17, 15) is 4.79 Å². The second kappa shape index (κ2) is 8.47. The van der Waals surface area contributed by atoms with Crippen molar-refractivity contribution in [3.8, 4) is 11.5 Å². The number of amidine groups is 1. The molecule has 0 spiro atoms. The Morgan fingerprint density at radius 1 is 1.19 bits per heavy atom. The predicted octanol–water partition coefficient (Wildman–Crippen LogP) is 4.38. The molecular weight excluding hydrogens is 372 g/mol. The Kier molecular flexibility index (Phi) is 6.06. The molecule has 0 radical (unpaired) electrons. The second-order valence-electron chi connectivity index (χ2n) is 5.77. The fourth-order valence-electron chi connectivity index (χ4n) is 2.43. The quantitative estimate of drug-likeness (QED) is 0.760. The van der Waals surface area contributed by atoms with Crippen LogP contribution >= 0.6 is 23.4 Å². The van der Waals surface area contributed by atoms with E-state index in [0.717, 1.165) is 11.4 Å². The molecule has 1 saturated heterocycles. The number of hydrogen-bond donors (Lipinski definition) is 0. The second-order valence-corrected chi connectivity index (χ2v) is 7.61. The summed E-state index contributed by atoms with van der Waals surface area (Å²) in [6.07, 6.45) is 0. The molecule has 0 N–H and O–H groups in total. The molecule has 0 aliphatic carbocycles. The van der Waals surface area contributed by atoms with Crippen LogP contribution < -0.4 is 9.47 Å². The minimum Gasteiger partial charge on any atom is -0.497 e. The highest BCUT2D eigenvalue weighted by Gasteiger charge is 2.31. The van der Waals surface area contributed by atoms with Crippen molar-refractivity contribution in [1.29, 1.82) is 0 Å². The van der Waals surface area contributed by atoms with Crippen LogP contribution in [0.1, 0.15) is 6.92 Å². The maximum absolute atomic E-state index is 12.6. The van der Waals surface area contributed by atoms with Crippen LogP contribution in [0.15, 0.2) is 53.5 Å². The van der Waals surface area contributed by atoms with Crippen molar-refractivity contribution in [2.24, 2.45) is 4.99 Å². The van der Waals surface area contributed by atoms with Crippen LogP contribution in [0.3, 0.4) is 0 Å². The molecule has 1 heterocycles. The molecule has 1 aliphatic heterocycles. The van der Waals surface area contributed by atoms with Crippen LogP contribution in [0.25, 0.3) is 0 Å². The SMILES string of the molecule is COc1ccc(OCC(=O)N2C[C@@H](C)SC2=Nc2ccc(Cl)cc2)cc1. The normalized spacial score (nSPS) is 18.2. The van der Waals surface area contributed by atoms with Gasteiger partial charge in [-0.05, 0) is 48.5 Å². The van der Waals surface area contributed by atoms with E-state index in [4.69, 9.17) is 21.1 Å². The van der Waals surface area contributed by atoms with E-state index in [1.807, 2.05) is 12.1 Å². The third kappa shape index (κ3) is 4.71. The van der Waals surface area contributed by atoms with Crippen molar-refractivity contribution < 1.29 is 14.3 Å². The monoisotopic (exact) mass is 390 g/mol. The van der Waals surface area contributed by atoms with E-state index in [0.29, 0.717) is 22.5 Å². The van der Waals surface area contributed by atoms with Crippen molar-refractivity contribution in [1.82, 2.24) is 4.90 Å². The molecule has 0 saturated carbocycles.